The fraction of sp³-hybridized carbons (Fsp3) is 0.300. The van der Waals surface area contributed by atoms with E-state index in [2.05, 4.69) is 9.85 Å². The van der Waals surface area contributed by atoms with Gasteiger partial charge in [-0.15, -0.1) is 0 Å². The molecule has 1 aromatic rings. The van der Waals surface area contributed by atoms with Crippen molar-refractivity contribution in [3.05, 3.63) is 39.3 Å². The van der Waals surface area contributed by atoms with Crippen molar-refractivity contribution in [1.29, 1.82) is 0 Å². The molecular formula is C10H8F4N4O2. The Morgan fingerprint density at radius 2 is 1.80 bits per heavy atom. The molecule has 108 valence electrons. The van der Waals surface area contributed by atoms with Crippen molar-refractivity contribution in [3.8, 4) is 0 Å². The van der Waals surface area contributed by atoms with Gasteiger partial charge in [-0.05, 0) is 5.53 Å². The predicted molar refractivity (Wildman–Crippen MR) is 59.3 cm³/mol. The van der Waals surface area contributed by atoms with Gasteiger partial charge in [0.2, 0.25) is 0 Å². The van der Waals surface area contributed by atoms with Gasteiger partial charge in [0.05, 0.1) is 6.61 Å². The number of benzene rings is 1. The Kier molecular flexibility index (Phi) is 5.30. The third kappa shape index (κ3) is 2.98. The molecule has 0 spiro atoms. The van der Waals surface area contributed by atoms with Gasteiger partial charge in [0.1, 0.15) is 11.3 Å². The minimum absolute atomic E-state index is 0.0384. The van der Waals surface area contributed by atoms with Gasteiger partial charge >= 0.3 is 0 Å². The summed E-state index contributed by atoms with van der Waals surface area (Å²) in [6.45, 7) is -0.0771. The van der Waals surface area contributed by atoms with Crippen LogP contribution in [0.25, 0.3) is 10.4 Å². The van der Waals surface area contributed by atoms with E-state index in [1.807, 2.05) is 10.2 Å². The summed E-state index contributed by atoms with van der Waals surface area (Å²) in [5.41, 5.74) is 5.15. The molecule has 0 atom stereocenters. The maximum Gasteiger partial charge on any atom is 0.257 e. The summed E-state index contributed by atoms with van der Waals surface area (Å²) in [6.07, 6.45) is 0. The quantitative estimate of drug-likeness (QED) is 0.226. The van der Waals surface area contributed by atoms with Gasteiger partial charge in [-0.25, -0.2) is 17.6 Å². The maximum atomic E-state index is 13.5. The molecule has 1 N–H and O–H groups in total. The zero-order valence-corrected chi connectivity index (χ0v) is 10.1. The molecule has 0 unspecified atom stereocenters. The number of rotatable bonds is 5. The van der Waals surface area contributed by atoms with Gasteiger partial charge in [-0.1, -0.05) is 5.11 Å². The van der Waals surface area contributed by atoms with Crippen LogP contribution in [-0.2, 0) is 4.74 Å². The monoisotopic (exact) mass is 292 g/mol. The lowest BCUT2D eigenvalue weighted by atomic mass is 10.1. The van der Waals surface area contributed by atoms with Gasteiger partial charge in [0, 0.05) is 18.6 Å². The highest BCUT2D eigenvalue weighted by Crippen LogP contribution is 2.30. The van der Waals surface area contributed by atoms with Crippen molar-refractivity contribution in [2.45, 2.75) is 0 Å². The van der Waals surface area contributed by atoms with Gasteiger partial charge in [0.25, 0.3) is 5.91 Å². The van der Waals surface area contributed by atoms with Crippen LogP contribution in [-0.4, -0.2) is 26.2 Å². The molecule has 0 aromatic heterocycles. The summed E-state index contributed by atoms with van der Waals surface area (Å²) in [4.78, 5) is 13.5. The molecule has 0 saturated carbocycles. The second-order valence-electron chi connectivity index (χ2n) is 3.42. The lowest BCUT2D eigenvalue weighted by Gasteiger charge is -2.09. The largest absolute Gasteiger partial charge is 0.383 e. The van der Waals surface area contributed by atoms with Crippen molar-refractivity contribution in [3.63, 3.8) is 0 Å². The molecule has 0 bridgehead atoms. The fourth-order valence-electron chi connectivity index (χ4n) is 1.31. The first-order valence-electron chi connectivity index (χ1n) is 5.13. The first kappa shape index (κ1) is 15.7. The van der Waals surface area contributed by atoms with E-state index in [1.54, 1.807) is 0 Å². The van der Waals surface area contributed by atoms with Crippen LogP contribution in [0, 0.1) is 23.3 Å². The Hall–Kier alpha value is -2.32. The lowest BCUT2D eigenvalue weighted by Crippen LogP contribution is -2.29. The number of halogens is 4. The molecular weight excluding hydrogens is 284 g/mol. The third-order valence-electron chi connectivity index (χ3n) is 2.20. The van der Waals surface area contributed by atoms with E-state index in [1.165, 1.54) is 7.11 Å². The predicted octanol–water partition coefficient (Wildman–Crippen LogP) is 2.56. The van der Waals surface area contributed by atoms with Crippen molar-refractivity contribution < 1.29 is 27.1 Å². The van der Waals surface area contributed by atoms with E-state index < -0.39 is 40.4 Å². The molecule has 0 aliphatic carbocycles. The molecule has 0 saturated heterocycles. The molecule has 1 rings (SSSR count). The summed E-state index contributed by atoms with van der Waals surface area (Å²) in [5, 5.41) is 4.51. The zero-order chi connectivity index (χ0) is 15.3. The standard InChI is InChI=1S/C10H8F4N4O2/c1-20-3-2-16-10(19)4-5(11)7(13)9(17-18-15)8(14)6(4)12/h2-3H2,1H3,(H,16,19). The van der Waals surface area contributed by atoms with Crippen molar-refractivity contribution >= 4 is 11.6 Å². The number of nitrogens with zero attached hydrogens (tertiary/aromatic N) is 3. The highest BCUT2D eigenvalue weighted by Gasteiger charge is 2.28. The van der Waals surface area contributed by atoms with Gasteiger partial charge in [0.15, 0.2) is 23.3 Å². The minimum atomic E-state index is -1.95. The van der Waals surface area contributed by atoms with Crippen molar-refractivity contribution in [1.82, 2.24) is 5.32 Å². The van der Waals surface area contributed by atoms with E-state index in [4.69, 9.17) is 5.53 Å². The van der Waals surface area contributed by atoms with Crippen LogP contribution in [0.4, 0.5) is 23.2 Å². The van der Waals surface area contributed by atoms with E-state index in [-0.39, 0.29) is 13.2 Å². The second kappa shape index (κ2) is 6.73. The summed E-state index contributed by atoms with van der Waals surface area (Å²) >= 11 is 0. The van der Waals surface area contributed by atoms with E-state index >= 15 is 0 Å². The Bertz CT molecular complexity index is 558. The fourth-order valence-corrected chi connectivity index (χ4v) is 1.31. The molecule has 6 nitrogen and oxygen atoms in total. The summed E-state index contributed by atoms with van der Waals surface area (Å²) in [5.74, 6) is -9.14. The van der Waals surface area contributed by atoms with Gasteiger partial charge in [-0.3, -0.25) is 4.79 Å². The number of ether oxygens (including phenoxy) is 1. The zero-order valence-electron chi connectivity index (χ0n) is 10.1. The average molecular weight is 292 g/mol. The molecule has 1 amide bonds. The third-order valence-corrected chi connectivity index (χ3v) is 2.20. The SMILES string of the molecule is COCCNC(=O)c1c(F)c(F)c(N=[N+]=[N-])c(F)c1F. The van der Waals surface area contributed by atoms with E-state index in [0.29, 0.717) is 0 Å². The smallest absolute Gasteiger partial charge is 0.257 e. The maximum absolute atomic E-state index is 13.5. The van der Waals surface area contributed by atoms with Crippen LogP contribution in [0.15, 0.2) is 5.11 Å². The molecule has 20 heavy (non-hydrogen) atoms. The number of methoxy groups -OCH3 is 1. The molecule has 0 aliphatic rings. The average Bonchev–Trinajstić information content (AvgIpc) is 2.42. The highest BCUT2D eigenvalue weighted by atomic mass is 19.2. The number of amides is 1. The van der Waals surface area contributed by atoms with Crippen LogP contribution in [0.3, 0.4) is 0 Å². The van der Waals surface area contributed by atoms with Crippen molar-refractivity contribution in [2.24, 2.45) is 5.11 Å². The number of nitrogens with one attached hydrogen (secondary N) is 1. The number of hydrogen-bond acceptors (Lipinski definition) is 3. The molecule has 10 heteroatoms. The molecule has 0 heterocycles. The second-order valence-corrected chi connectivity index (χ2v) is 3.42. The Balaban J connectivity index is 3.28. The van der Waals surface area contributed by atoms with Crippen LogP contribution in [0.1, 0.15) is 10.4 Å². The van der Waals surface area contributed by atoms with E-state index in [0.717, 1.165) is 0 Å². The minimum Gasteiger partial charge on any atom is -0.383 e. The van der Waals surface area contributed by atoms with Gasteiger partial charge in [-0.2, -0.15) is 0 Å². The van der Waals surface area contributed by atoms with Crippen LogP contribution in [0.2, 0.25) is 0 Å². The number of hydrogen-bond donors (Lipinski definition) is 1. The topological polar surface area (TPSA) is 87.1 Å². The molecule has 0 fully saturated rings. The highest BCUT2D eigenvalue weighted by molar-refractivity contribution is 5.95. The summed E-state index contributed by atoms with van der Waals surface area (Å²) in [6, 6.07) is 0. The summed E-state index contributed by atoms with van der Waals surface area (Å²) < 4.78 is 58.4. The van der Waals surface area contributed by atoms with Crippen LogP contribution < -0.4 is 5.32 Å². The van der Waals surface area contributed by atoms with E-state index in [9.17, 15) is 22.4 Å². The van der Waals surface area contributed by atoms with Crippen molar-refractivity contribution in [2.75, 3.05) is 20.3 Å². The summed E-state index contributed by atoms with van der Waals surface area (Å²) in [7, 11) is 1.32. The number of carbonyl (C=O) groups excluding carboxylic acids is 1. The number of carbonyl (C=O) groups is 1. The molecule has 0 aliphatic heterocycles. The molecule has 1 aromatic carbocycles. The van der Waals surface area contributed by atoms with Crippen LogP contribution >= 0.6 is 0 Å². The normalized spacial score (nSPS) is 10.1. The van der Waals surface area contributed by atoms with Crippen LogP contribution in [0.5, 0.6) is 0 Å². The Morgan fingerprint density at radius 3 is 2.25 bits per heavy atom. The van der Waals surface area contributed by atoms with Gasteiger partial charge < -0.3 is 10.1 Å². The lowest BCUT2D eigenvalue weighted by molar-refractivity contribution is 0.0926. The first-order chi connectivity index (χ1) is 9.45. The number of azide groups is 1. The Labute approximate surface area is 110 Å². The first-order valence-corrected chi connectivity index (χ1v) is 5.13. The Morgan fingerprint density at radius 1 is 1.25 bits per heavy atom. The molecule has 0 radical (unpaired) electrons.